The number of rotatable bonds is 4. The minimum atomic E-state index is -0.255. The van der Waals surface area contributed by atoms with E-state index in [9.17, 15) is 4.79 Å². The van der Waals surface area contributed by atoms with E-state index in [0.717, 1.165) is 5.56 Å². The van der Waals surface area contributed by atoms with Crippen molar-refractivity contribution in [3.63, 3.8) is 0 Å². The molecule has 2 rings (SSSR count). The average Bonchev–Trinajstić information content (AvgIpc) is 2.78. The summed E-state index contributed by atoms with van der Waals surface area (Å²) >= 11 is 11.8. The first-order valence-electron chi connectivity index (χ1n) is 5.59. The van der Waals surface area contributed by atoms with E-state index >= 15 is 0 Å². The molecule has 7 heteroatoms. The van der Waals surface area contributed by atoms with Gasteiger partial charge in [0.05, 0.1) is 0 Å². The fourth-order valence-electron chi connectivity index (χ4n) is 1.58. The highest BCUT2D eigenvalue weighted by Gasteiger charge is 2.08. The number of nitrogens with two attached hydrogens (primary N) is 1. The third-order valence-electron chi connectivity index (χ3n) is 2.54. The molecule has 0 atom stereocenters. The molecule has 100 valence electrons. The molecule has 0 spiro atoms. The Hall–Kier alpha value is -1.72. The standard InChI is InChI=1S/C12H12Cl2N4O/c13-8-2-1-7(9(14)5-8)3-4-16-12(19)10-6-11(15)18-17-10/h1-2,5-6H,3-4H2,(H,16,19)(H3,15,17,18). The maximum Gasteiger partial charge on any atom is 0.269 e. The maximum atomic E-state index is 11.7. The van der Waals surface area contributed by atoms with Gasteiger partial charge < -0.3 is 11.1 Å². The van der Waals surface area contributed by atoms with E-state index < -0.39 is 0 Å². The van der Waals surface area contributed by atoms with Gasteiger partial charge in [0.15, 0.2) is 0 Å². The molecular formula is C12H12Cl2N4O. The summed E-state index contributed by atoms with van der Waals surface area (Å²) in [5.41, 5.74) is 6.68. The number of halogens is 2. The van der Waals surface area contributed by atoms with Crippen molar-refractivity contribution in [2.24, 2.45) is 0 Å². The summed E-state index contributed by atoms with van der Waals surface area (Å²) in [4.78, 5) is 11.7. The van der Waals surface area contributed by atoms with Gasteiger partial charge in [0, 0.05) is 22.7 Å². The quantitative estimate of drug-likeness (QED) is 0.809. The molecule has 1 heterocycles. The van der Waals surface area contributed by atoms with Crippen molar-refractivity contribution in [2.45, 2.75) is 6.42 Å². The molecule has 0 bridgehead atoms. The number of aromatic amines is 1. The van der Waals surface area contributed by atoms with E-state index in [-0.39, 0.29) is 11.7 Å². The third kappa shape index (κ3) is 3.62. The minimum Gasteiger partial charge on any atom is -0.382 e. The van der Waals surface area contributed by atoms with Crippen molar-refractivity contribution >= 4 is 34.9 Å². The Morgan fingerprint density at radius 2 is 2.16 bits per heavy atom. The van der Waals surface area contributed by atoms with Crippen molar-refractivity contribution in [1.82, 2.24) is 15.5 Å². The predicted octanol–water partition coefficient (Wildman–Crippen LogP) is 2.27. The third-order valence-corrected chi connectivity index (χ3v) is 3.12. The van der Waals surface area contributed by atoms with Gasteiger partial charge in [0.2, 0.25) is 0 Å². The van der Waals surface area contributed by atoms with Crippen LogP contribution in [0.2, 0.25) is 10.0 Å². The number of H-pyrrole nitrogens is 1. The van der Waals surface area contributed by atoms with Crippen molar-refractivity contribution in [1.29, 1.82) is 0 Å². The van der Waals surface area contributed by atoms with Gasteiger partial charge in [-0.2, -0.15) is 5.10 Å². The Balaban J connectivity index is 1.88. The lowest BCUT2D eigenvalue weighted by molar-refractivity contribution is 0.0949. The van der Waals surface area contributed by atoms with E-state index in [0.29, 0.717) is 28.7 Å². The molecule has 0 unspecified atom stereocenters. The van der Waals surface area contributed by atoms with Crippen LogP contribution in [0.3, 0.4) is 0 Å². The summed E-state index contributed by atoms with van der Waals surface area (Å²) < 4.78 is 0. The molecule has 0 fully saturated rings. The minimum absolute atomic E-state index is 0.255. The number of nitrogen functional groups attached to an aromatic ring is 1. The number of hydrogen-bond acceptors (Lipinski definition) is 3. The summed E-state index contributed by atoms with van der Waals surface area (Å²) in [5, 5.41) is 10.2. The van der Waals surface area contributed by atoms with Gasteiger partial charge >= 0.3 is 0 Å². The molecule has 1 aromatic carbocycles. The maximum absolute atomic E-state index is 11.7. The fraction of sp³-hybridized carbons (Fsp3) is 0.167. The smallest absolute Gasteiger partial charge is 0.269 e. The largest absolute Gasteiger partial charge is 0.382 e. The van der Waals surface area contributed by atoms with Gasteiger partial charge in [-0.3, -0.25) is 9.89 Å². The predicted molar refractivity (Wildman–Crippen MR) is 75.5 cm³/mol. The molecule has 0 saturated carbocycles. The number of amides is 1. The molecule has 0 radical (unpaired) electrons. The van der Waals surface area contributed by atoms with E-state index in [4.69, 9.17) is 28.9 Å². The molecule has 2 aromatic rings. The lowest BCUT2D eigenvalue weighted by Gasteiger charge is -2.06. The summed E-state index contributed by atoms with van der Waals surface area (Å²) in [5.74, 6) is 0.0279. The number of benzene rings is 1. The van der Waals surface area contributed by atoms with Gasteiger partial charge in [0.25, 0.3) is 5.91 Å². The lowest BCUT2D eigenvalue weighted by Crippen LogP contribution is -2.26. The highest BCUT2D eigenvalue weighted by molar-refractivity contribution is 6.35. The molecule has 5 nitrogen and oxygen atoms in total. The highest BCUT2D eigenvalue weighted by Crippen LogP contribution is 2.21. The number of nitrogens with one attached hydrogen (secondary N) is 2. The second-order valence-corrected chi connectivity index (χ2v) is 4.79. The van der Waals surface area contributed by atoms with Crippen molar-refractivity contribution < 1.29 is 4.79 Å². The van der Waals surface area contributed by atoms with Gasteiger partial charge in [-0.1, -0.05) is 29.3 Å². The molecule has 0 aliphatic carbocycles. The monoisotopic (exact) mass is 298 g/mol. The normalized spacial score (nSPS) is 10.4. The van der Waals surface area contributed by atoms with Crippen LogP contribution in [0.5, 0.6) is 0 Å². The van der Waals surface area contributed by atoms with E-state index in [1.54, 1.807) is 12.1 Å². The van der Waals surface area contributed by atoms with Crippen LogP contribution >= 0.6 is 23.2 Å². The number of carbonyl (C=O) groups excluding carboxylic acids is 1. The summed E-state index contributed by atoms with van der Waals surface area (Å²) in [7, 11) is 0. The highest BCUT2D eigenvalue weighted by atomic mass is 35.5. The average molecular weight is 299 g/mol. The molecule has 0 saturated heterocycles. The van der Waals surface area contributed by atoms with E-state index in [1.807, 2.05) is 6.07 Å². The first kappa shape index (κ1) is 13.7. The molecular weight excluding hydrogens is 287 g/mol. The van der Waals surface area contributed by atoms with Crippen molar-refractivity contribution in [3.8, 4) is 0 Å². The molecule has 1 amide bonds. The molecule has 0 aliphatic heterocycles. The Labute approximate surface area is 120 Å². The van der Waals surface area contributed by atoms with Crippen LogP contribution in [0.1, 0.15) is 16.1 Å². The van der Waals surface area contributed by atoms with Gasteiger partial charge in [-0.25, -0.2) is 0 Å². The molecule has 0 aliphatic rings. The number of aromatic nitrogens is 2. The summed E-state index contributed by atoms with van der Waals surface area (Å²) in [6, 6.07) is 6.76. The van der Waals surface area contributed by atoms with Crippen LogP contribution in [0, 0.1) is 0 Å². The number of nitrogens with zero attached hydrogens (tertiary/aromatic N) is 1. The second-order valence-electron chi connectivity index (χ2n) is 3.95. The van der Waals surface area contributed by atoms with Crippen LogP contribution in [0.25, 0.3) is 0 Å². The molecule has 1 aromatic heterocycles. The Kier molecular flexibility index (Phi) is 4.29. The fourth-order valence-corrected chi connectivity index (χ4v) is 2.09. The van der Waals surface area contributed by atoms with Gasteiger partial charge in [-0.15, -0.1) is 0 Å². The first-order chi connectivity index (χ1) is 9.06. The van der Waals surface area contributed by atoms with E-state index in [1.165, 1.54) is 6.07 Å². The zero-order valence-corrected chi connectivity index (χ0v) is 11.4. The zero-order chi connectivity index (χ0) is 13.8. The van der Waals surface area contributed by atoms with Crippen LogP contribution in [0.15, 0.2) is 24.3 Å². The second kappa shape index (κ2) is 5.95. The van der Waals surface area contributed by atoms with Crippen LogP contribution in [-0.2, 0) is 6.42 Å². The van der Waals surface area contributed by atoms with Crippen molar-refractivity contribution in [2.75, 3.05) is 12.3 Å². The topological polar surface area (TPSA) is 83.8 Å². The van der Waals surface area contributed by atoms with Crippen molar-refractivity contribution in [3.05, 3.63) is 45.6 Å². The molecule has 4 N–H and O–H groups in total. The number of hydrogen-bond donors (Lipinski definition) is 3. The lowest BCUT2D eigenvalue weighted by atomic mass is 10.1. The SMILES string of the molecule is Nc1cc(C(=O)NCCc2ccc(Cl)cc2Cl)[nH]n1. The van der Waals surface area contributed by atoms with E-state index in [2.05, 4.69) is 15.5 Å². The number of carbonyl (C=O) groups is 1. The summed E-state index contributed by atoms with van der Waals surface area (Å²) in [6.07, 6.45) is 0.616. The molecule has 19 heavy (non-hydrogen) atoms. The van der Waals surface area contributed by atoms with Crippen LogP contribution in [-0.4, -0.2) is 22.6 Å². The zero-order valence-electron chi connectivity index (χ0n) is 9.91. The Bertz CT molecular complexity index is 597. The first-order valence-corrected chi connectivity index (χ1v) is 6.35. The number of anilines is 1. The Morgan fingerprint density at radius 1 is 1.37 bits per heavy atom. The Morgan fingerprint density at radius 3 is 2.79 bits per heavy atom. The van der Waals surface area contributed by atoms with Gasteiger partial charge in [0.1, 0.15) is 11.5 Å². The van der Waals surface area contributed by atoms with Crippen LogP contribution < -0.4 is 11.1 Å². The van der Waals surface area contributed by atoms with Gasteiger partial charge in [-0.05, 0) is 24.1 Å². The van der Waals surface area contributed by atoms with Crippen LogP contribution in [0.4, 0.5) is 5.82 Å². The summed E-state index contributed by atoms with van der Waals surface area (Å²) in [6.45, 7) is 0.457.